The molecule has 0 aliphatic carbocycles. The molecule has 520 valence electrons. The van der Waals surface area contributed by atoms with E-state index in [2.05, 4.69) is 6.92 Å². The Morgan fingerprint density at radius 3 is 0.933 bits per heavy atom. The smallest absolute Gasteiger partial charge is 0.379 e. The molecule has 1 saturated heterocycles. The third-order valence-electron chi connectivity index (χ3n) is 19.5. The molecule has 0 amide bonds. The monoisotopic (exact) mass is 1260 g/mol. The van der Waals surface area contributed by atoms with Crippen LogP contribution in [-0.2, 0) is 43.0 Å². The SMILES string of the molecule is CCCCCCCCCCCCCCCC(CCCCCCCCCCCCCCCC(=O)OC1C(=O)C(=O)O[C@@H]1[C@@H](O)CO)(CC(=O)O)C(CCCCCCCCCCCCCCCC(=O)O)(CCCCCCCCCCCCCCCC(=O)O)C(=O)O. The summed E-state index contributed by atoms with van der Waals surface area (Å²) in [5.41, 5.74) is -1.92. The van der Waals surface area contributed by atoms with Crippen molar-refractivity contribution in [2.45, 2.75) is 410 Å². The molecule has 0 aromatic carbocycles. The Labute approximate surface area is 540 Å². The van der Waals surface area contributed by atoms with Crippen molar-refractivity contribution >= 4 is 41.6 Å². The van der Waals surface area contributed by atoms with Gasteiger partial charge in [-0.1, -0.05) is 322 Å². The van der Waals surface area contributed by atoms with Gasteiger partial charge in [0, 0.05) is 19.3 Å². The number of aliphatic hydroxyl groups is 2. The molecule has 2 unspecified atom stereocenters. The number of esters is 2. The Morgan fingerprint density at radius 1 is 0.393 bits per heavy atom. The number of carbonyl (C=O) groups is 7. The highest BCUT2D eigenvalue weighted by Gasteiger charge is 2.55. The standard InChI is InChI=1S/C74H134O15/c1-2-3-4-5-6-7-8-15-22-29-36-43-50-57-73(61-66(81)82,58-51-44-37-30-23-16-11-14-21-28-35-42-49-56-67(83)88-70-68(84)71(85)89-69(70)63(76)62-75)74(72(86)87,59-52-45-38-31-24-17-9-12-19-26-33-40-47-54-64(77)78)60-53-46-39-32-25-18-10-13-20-27-34-41-48-55-65(79)80/h63,69-70,75-76H,2-62H2,1H3,(H,77,78)(H,79,80)(H,81,82)(H,86,87)/t63-,69+,70?,73?/m0/s1. The molecule has 0 aromatic rings. The lowest BCUT2D eigenvalue weighted by Gasteiger charge is -2.49. The molecule has 15 nitrogen and oxygen atoms in total. The van der Waals surface area contributed by atoms with E-state index in [1.807, 2.05) is 0 Å². The van der Waals surface area contributed by atoms with E-state index in [0.717, 1.165) is 199 Å². The Morgan fingerprint density at radius 2 is 0.663 bits per heavy atom. The van der Waals surface area contributed by atoms with Crippen LogP contribution in [0, 0.1) is 10.8 Å². The van der Waals surface area contributed by atoms with Crippen LogP contribution in [0.5, 0.6) is 0 Å². The Balaban J connectivity index is 2.94. The topological polar surface area (TPSA) is 259 Å². The summed E-state index contributed by atoms with van der Waals surface area (Å²) in [6.45, 7) is 1.52. The van der Waals surface area contributed by atoms with Crippen molar-refractivity contribution in [2.24, 2.45) is 10.8 Å². The van der Waals surface area contributed by atoms with Crippen LogP contribution >= 0.6 is 0 Å². The molecule has 15 heteroatoms. The first-order valence-electron chi connectivity index (χ1n) is 37.3. The second-order valence-corrected chi connectivity index (χ2v) is 27.2. The van der Waals surface area contributed by atoms with Crippen molar-refractivity contribution in [3.8, 4) is 0 Å². The summed E-state index contributed by atoms with van der Waals surface area (Å²) in [5, 5.41) is 59.5. The minimum absolute atomic E-state index is 0.0800. The van der Waals surface area contributed by atoms with Gasteiger partial charge in [-0.3, -0.25) is 28.8 Å². The first kappa shape index (κ1) is 83.4. The zero-order valence-electron chi connectivity index (χ0n) is 56.7. The van der Waals surface area contributed by atoms with Crippen LogP contribution in [0.15, 0.2) is 0 Å². The summed E-state index contributed by atoms with van der Waals surface area (Å²) in [4.78, 5) is 85.4. The van der Waals surface area contributed by atoms with Crippen LogP contribution in [0.1, 0.15) is 392 Å². The van der Waals surface area contributed by atoms with Gasteiger partial charge in [-0.2, -0.15) is 0 Å². The molecule has 6 N–H and O–H groups in total. The van der Waals surface area contributed by atoms with E-state index in [0.29, 0.717) is 32.1 Å². The first-order chi connectivity index (χ1) is 43.2. The molecule has 89 heavy (non-hydrogen) atoms. The van der Waals surface area contributed by atoms with Crippen LogP contribution < -0.4 is 0 Å². The molecule has 1 rings (SSSR count). The number of ether oxygens (including phenoxy) is 2. The number of rotatable bonds is 69. The summed E-state index contributed by atoms with van der Waals surface area (Å²) in [6.07, 6.45) is 55.2. The highest BCUT2D eigenvalue weighted by molar-refractivity contribution is 6.37. The van der Waals surface area contributed by atoms with Gasteiger partial charge >= 0.3 is 35.8 Å². The normalized spacial score (nSPS) is 15.3. The number of aliphatic carboxylic acids is 4. The summed E-state index contributed by atoms with van der Waals surface area (Å²) in [5.74, 6) is -5.94. The summed E-state index contributed by atoms with van der Waals surface area (Å²) in [6, 6.07) is 0. The van der Waals surface area contributed by atoms with Crippen LogP contribution in [-0.4, -0.2) is 97.2 Å². The number of carbonyl (C=O) groups excluding carboxylic acids is 3. The number of hydrogen-bond donors (Lipinski definition) is 6. The molecular weight excluding hydrogens is 1130 g/mol. The first-order valence-corrected chi connectivity index (χ1v) is 37.3. The van der Waals surface area contributed by atoms with Gasteiger partial charge in [-0.15, -0.1) is 0 Å². The quantitative estimate of drug-likeness (QED) is 0.0188. The fourth-order valence-corrected chi connectivity index (χ4v) is 14.0. The zero-order valence-corrected chi connectivity index (χ0v) is 56.7. The Bertz CT molecular complexity index is 1740. The fourth-order valence-electron chi connectivity index (χ4n) is 14.0. The van der Waals surface area contributed by atoms with Gasteiger partial charge in [0.05, 0.1) is 18.4 Å². The summed E-state index contributed by atoms with van der Waals surface area (Å²) < 4.78 is 9.96. The molecule has 0 saturated carbocycles. The van der Waals surface area contributed by atoms with Gasteiger partial charge in [-0.05, 0) is 50.4 Å². The zero-order chi connectivity index (χ0) is 65.3. The van der Waals surface area contributed by atoms with Crippen LogP contribution in [0.3, 0.4) is 0 Å². The number of Topliss-reactive ketones (excluding diaryl/α,β-unsaturated/α-hetero) is 1. The molecule has 1 aliphatic heterocycles. The molecule has 4 atom stereocenters. The van der Waals surface area contributed by atoms with Crippen molar-refractivity contribution in [1.29, 1.82) is 0 Å². The Hall–Kier alpha value is -3.59. The van der Waals surface area contributed by atoms with Gasteiger partial charge in [0.15, 0.2) is 6.10 Å². The van der Waals surface area contributed by atoms with E-state index in [1.165, 1.54) is 128 Å². The number of ketones is 1. The highest BCUT2D eigenvalue weighted by Crippen LogP contribution is 2.56. The number of carboxylic acids is 4. The molecular formula is C74H134O15. The molecule has 1 heterocycles. The predicted molar refractivity (Wildman–Crippen MR) is 356 cm³/mol. The predicted octanol–water partition coefficient (Wildman–Crippen LogP) is 19.5. The van der Waals surface area contributed by atoms with E-state index in [9.17, 15) is 54.0 Å². The molecule has 0 radical (unpaired) electrons. The lowest BCUT2D eigenvalue weighted by molar-refractivity contribution is -0.167. The average Bonchev–Trinajstić information content (AvgIpc) is 1.43. The van der Waals surface area contributed by atoms with E-state index < -0.39 is 77.3 Å². The van der Waals surface area contributed by atoms with E-state index in [1.54, 1.807) is 0 Å². The van der Waals surface area contributed by atoms with Crippen LogP contribution in [0.25, 0.3) is 0 Å². The van der Waals surface area contributed by atoms with Crippen molar-refractivity contribution in [3.63, 3.8) is 0 Å². The van der Waals surface area contributed by atoms with Crippen molar-refractivity contribution < 1.29 is 73.7 Å². The number of hydrogen-bond acceptors (Lipinski definition) is 11. The number of aliphatic hydroxyl groups excluding tert-OH is 2. The maximum atomic E-state index is 14.4. The number of carboxylic acid groups (broad SMARTS) is 4. The summed E-state index contributed by atoms with van der Waals surface area (Å²) >= 11 is 0. The Kier molecular flexibility index (Phi) is 53.5. The van der Waals surface area contributed by atoms with Crippen molar-refractivity contribution in [3.05, 3.63) is 0 Å². The van der Waals surface area contributed by atoms with Gasteiger partial charge in [-0.25, -0.2) is 4.79 Å². The maximum absolute atomic E-state index is 14.4. The van der Waals surface area contributed by atoms with Gasteiger partial charge in [0.25, 0.3) is 5.78 Å². The molecule has 0 bridgehead atoms. The van der Waals surface area contributed by atoms with Crippen LogP contribution in [0.4, 0.5) is 0 Å². The molecule has 1 fully saturated rings. The van der Waals surface area contributed by atoms with E-state index in [4.69, 9.17) is 19.7 Å². The molecule has 0 spiro atoms. The third kappa shape index (κ3) is 43.0. The molecule has 1 aliphatic rings. The fraction of sp³-hybridized carbons (Fsp3) is 0.905. The van der Waals surface area contributed by atoms with Gasteiger partial charge in [0.2, 0.25) is 6.10 Å². The number of unbranched alkanes of at least 4 members (excludes halogenated alkanes) is 48. The van der Waals surface area contributed by atoms with Crippen molar-refractivity contribution in [2.75, 3.05) is 6.61 Å². The van der Waals surface area contributed by atoms with Gasteiger partial charge < -0.3 is 40.1 Å². The minimum atomic E-state index is -1.54. The van der Waals surface area contributed by atoms with Crippen LogP contribution in [0.2, 0.25) is 0 Å². The largest absolute Gasteiger partial charge is 0.481 e. The second kappa shape index (κ2) is 57.1. The lowest BCUT2D eigenvalue weighted by Crippen LogP contribution is -2.49. The van der Waals surface area contributed by atoms with Crippen molar-refractivity contribution in [1.82, 2.24) is 0 Å². The maximum Gasteiger partial charge on any atom is 0.379 e. The van der Waals surface area contributed by atoms with E-state index >= 15 is 0 Å². The second-order valence-electron chi connectivity index (χ2n) is 27.2. The third-order valence-corrected chi connectivity index (χ3v) is 19.5. The van der Waals surface area contributed by atoms with Gasteiger partial charge in [0.1, 0.15) is 6.10 Å². The lowest BCUT2D eigenvalue weighted by atomic mass is 9.53. The number of cyclic esters (lactones) is 1. The molecule has 0 aromatic heterocycles. The highest BCUT2D eigenvalue weighted by atomic mass is 16.6. The minimum Gasteiger partial charge on any atom is -0.481 e. The van der Waals surface area contributed by atoms with E-state index in [-0.39, 0.29) is 25.7 Å². The summed E-state index contributed by atoms with van der Waals surface area (Å²) in [7, 11) is 0. The average molecular weight is 1260 g/mol.